The predicted molar refractivity (Wildman–Crippen MR) is 127 cm³/mol. The summed E-state index contributed by atoms with van der Waals surface area (Å²) in [6.07, 6.45) is 0. The summed E-state index contributed by atoms with van der Waals surface area (Å²) in [5, 5.41) is 10.5. The van der Waals surface area contributed by atoms with Gasteiger partial charge in [-0.25, -0.2) is 13.6 Å². The van der Waals surface area contributed by atoms with Crippen molar-refractivity contribution in [3.63, 3.8) is 0 Å². The first kappa shape index (κ1) is 23.8. The smallest absolute Gasteiger partial charge is 0.319 e. The van der Waals surface area contributed by atoms with Gasteiger partial charge in [0.1, 0.15) is 17.3 Å². The third kappa shape index (κ3) is 5.26. The van der Waals surface area contributed by atoms with Gasteiger partial charge in [-0.2, -0.15) is 5.10 Å². The lowest BCUT2D eigenvalue weighted by Gasteiger charge is -2.21. The van der Waals surface area contributed by atoms with Crippen LogP contribution in [-0.4, -0.2) is 60.1 Å². The Morgan fingerprint density at radius 2 is 1.85 bits per heavy atom. The van der Waals surface area contributed by atoms with Gasteiger partial charge in [0.15, 0.2) is 0 Å². The van der Waals surface area contributed by atoms with Crippen LogP contribution in [0, 0.1) is 18.6 Å². The number of hydrogen-bond donors (Lipinski definition) is 2. The lowest BCUT2D eigenvalue weighted by atomic mass is 9.94. The summed E-state index contributed by atoms with van der Waals surface area (Å²) in [5.41, 5.74) is 3.51. The maximum absolute atomic E-state index is 13.9. The van der Waals surface area contributed by atoms with Gasteiger partial charge in [0.2, 0.25) is 0 Å². The van der Waals surface area contributed by atoms with Crippen molar-refractivity contribution in [3.05, 3.63) is 71.4 Å². The number of likely N-dealkylation sites (tertiary alicyclic amines) is 1. The van der Waals surface area contributed by atoms with Crippen molar-refractivity contribution in [1.29, 1.82) is 0 Å². The number of nitrogens with one attached hydrogen (secondary N) is 2. The van der Waals surface area contributed by atoms with E-state index >= 15 is 0 Å². The largest absolute Gasteiger partial charge is 0.383 e. The summed E-state index contributed by atoms with van der Waals surface area (Å²) in [4.78, 5) is 15.2. The van der Waals surface area contributed by atoms with Gasteiger partial charge >= 0.3 is 6.03 Å². The highest BCUT2D eigenvalue weighted by Crippen LogP contribution is 2.31. The van der Waals surface area contributed by atoms with E-state index in [1.54, 1.807) is 11.8 Å². The van der Waals surface area contributed by atoms with E-state index in [1.165, 1.54) is 12.1 Å². The number of aromatic nitrogens is 2. The van der Waals surface area contributed by atoms with Crippen LogP contribution in [0.5, 0.6) is 0 Å². The number of nitrogens with zero attached hydrogens (tertiary/aromatic N) is 3. The number of urea groups is 1. The van der Waals surface area contributed by atoms with E-state index in [1.807, 2.05) is 44.3 Å². The van der Waals surface area contributed by atoms with Crippen LogP contribution >= 0.6 is 0 Å². The standard InChI is InChI=1S/C25H29F2N5O2/c1-16-23(24(30-31(16)2)17-7-5-4-6-8-17)29-25(33)28-22-15-32(9-10-34-3)14-21(22)18-11-19(26)13-20(27)12-18/h4-8,11-13,21-22H,9-10,14-15H2,1-3H3,(H2,28,29,33)/t21-,22+/m0/s1. The molecule has 0 radical (unpaired) electrons. The Morgan fingerprint density at radius 3 is 2.53 bits per heavy atom. The van der Waals surface area contributed by atoms with Gasteiger partial charge < -0.3 is 15.4 Å². The van der Waals surface area contributed by atoms with Crippen molar-refractivity contribution >= 4 is 11.7 Å². The van der Waals surface area contributed by atoms with Gasteiger partial charge in [0.05, 0.1) is 24.0 Å². The lowest BCUT2D eigenvalue weighted by Crippen LogP contribution is -2.42. The molecule has 1 fully saturated rings. The van der Waals surface area contributed by atoms with Crippen LogP contribution in [0.25, 0.3) is 11.3 Å². The van der Waals surface area contributed by atoms with Gasteiger partial charge in [0.25, 0.3) is 0 Å². The van der Waals surface area contributed by atoms with E-state index < -0.39 is 17.7 Å². The Kier molecular flexibility index (Phi) is 7.23. The zero-order valence-corrected chi connectivity index (χ0v) is 19.5. The summed E-state index contributed by atoms with van der Waals surface area (Å²) >= 11 is 0. The van der Waals surface area contributed by atoms with E-state index in [4.69, 9.17) is 4.74 Å². The molecule has 2 N–H and O–H groups in total. The molecule has 7 nitrogen and oxygen atoms in total. The molecule has 180 valence electrons. The number of amides is 2. The van der Waals surface area contributed by atoms with Crippen molar-refractivity contribution in [1.82, 2.24) is 20.0 Å². The molecule has 1 aliphatic rings. The minimum atomic E-state index is -0.632. The second-order valence-electron chi connectivity index (χ2n) is 8.57. The minimum absolute atomic E-state index is 0.267. The molecule has 1 aromatic heterocycles. The summed E-state index contributed by atoms with van der Waals surface area (Å²) < 4.78 is 34.8. The van der Waals surface area contributed by atoms with Crippen LogP contribution in [0.2, 0.25) is 0 Å². The monoisotopic (exact) mass is 469 g/mol. The van der Waals surface area contributed by atoms with Crippen molar-refractivity contribution in [3.8, 4) is 11.3 Å². The zero-order chi connectivity index (χ0) is 24.2. The highest BCUT2D eigenvalue weighted by atomic mass is 19.1. The lowest BCUT2D eigenvalue weighted by molar-refractivity contribution is 0.159. The molecule has 1 aliphatic heterocycles. The zero-order valence-electron chi connectivity index (χ0n) is 19.5. The Morgan fingerprint density at radius 1 is 1.15 bits per heavy atom. The molecule has 2 atom stereocenters. The average molecular weight is 470 g/mol. The maximum atomic E-state index is 13.9. The minimum Gasteiger partial charge on any atom is -0.383 e. The first-order chi connectivity index (χ1) is 16.4. The maximum Gasteiger partial charge on any atom is 0.319 e. The number of carbonyl (C=O) groups excluding carboxylic acids is 1. The Labute approximate surface area is 197 Å². The number of carbonyl (C=O) groups is 1. The van der Waals surface area contributed by atoms with Gasteiger partial charge in [-0.3, -0.25) is 9.58 Å². The van der Waals surface area contributed by atoms with E-state index in [9.17, 15) is 13.6 Å². The van der Waals surface area contributed by atoms with Crippen LogP contribution in [0.15, 0.2) is 48.5 Å². The predicted octanol–water partition coefficient (Wildman–Crippen LogP) is 3.91. The normalized spacial score (nSPS) is 18.3. The van der Waals surface area contributed by atoms with Crippen LogP contribution in [-0.2, 0) is 11.8 Å². The van der Waals surface area contributed by atoms with Gasteiger partial charge in [-0.15, -0.1) is 0 Å². The quantitative estimate of drug-likeness (QED) is 0.551. The second-order valence-corrected chi connectivity index (χ2v) is 8.57. The molecule has 1 saturated heterocycles. The van der Waals surface area contributed by atoms with Crippen LogP contribution in [0.1, 0.15) is 17.2 Å². The molecule has 4 rings (SSSR count). The summed E-state index contributed by atoms with van der Waals surface area (Å²) in [6.45, 7) is 4.16. The van der Waals surface area contributed by atoms with E-state index in [0.29, 0.717) is 43.2 Å². The molecular weight excluding hydrogens is 440 g/mol. The van der Waals surface area contributed by atoms with Crippen molar-refractivity contribution in [2.24, 2.45) is 7.05 Å². The molecule has 2 heterocycles. The summed E-state index contributed by atoms with van der Waals surface area (Å²) in [6, 6.07) is 12.4. The Balaban J connectivity index is 1.55. The molecule has 34 heavy (non-hydrogen) atoms. The molecular formula is C25H29F2N5O2. The highest BCUT2D eigenvalue weighted by Gasteiger charge is 2.35. The third-order valence-electron chi connectivity index (χ3n) is 6.26. The molecule has 0 unspecified atom stereocenters. The fourth-order valence-electron chi connectivity index (χ4n) is 4.44. The number of halogens is 2. The van der Waals surface area contributed by atoms with E-state index in [2.05, 4.69) is 20.6 Å². The fraction of sp³-hybridized carbons (Fsp3) is 0.360. The molecule has 0 saturated carbocycles. The SMILES string of the molecule is COCCN1C[C@@H](NC(=O)Nc2c(-c3ccccc3)nn(C)c2C)[C@H](c2cc(F)cc(F)c2)C1. The average Bonchev–Trinajstić information content (AvgIpc) is 3.33. The topological polar surface area (TPSA) is 71.4 Å². The Hall–Kier alpha value is -3.30. The second kappa shape index (κ2) is 10.3. The molecule has 9 heteroatoms. The summed E-state index contributed by atoms with van der Waals surface area (Å²) in [5.74, 6) is -1.53. The third-order valence-corrected chi connectivity index (χ3v) is 6.26. The van der Waals surface area contributed by atoms with Gasteiger partial charge in [-0.05, 0) is 24.6 Å². The van der Waals surface area contributed by atoms with E-state index in [0.717, 1.165) is 17.3 Å². The molecule has 2 amide bonds. The molecule has 0 spiro atoms. The van der Waals surface area contributed by atoms with E-state index in [-0.39, 0.29) is 12.0 Å². The Bertz CT molecular complexity index is 1130. The first-order valence-corrected chi connectivity index (χ1v) is 11.2. The number of rotatable bonds is 7. The number of methoxy groups -OCH3 is 1. The van der Waals surface area contributed by atoms with Crippen molar-refractivity contribution in [2.75, 3.05) is 38.7 Å². The van der Waals surface area contributed by atoms with Crippen LogP contribution in [0.4, 0.5) is 19.3 Å². The number of aryl methyl sites for hydroxylation is 1. The molecule has 2 aromatic carbocycles. The van der Waals surface area contributed by atoms with Crippen molar-refractivity contribution < 1.29 is 18.3 Å². The van der Waals surface area contributed by atoms with Crippen LogP contribution in [0.3, 0.4) is 0 Å². The number of ether oxygens (including phenoxy) is 1. The number of hydrogen-bond acceptors (Lipinski definition) is 4. The molecule has 3 aromatic rings. The highest BCUT2D eigenvalue weighted by molar-refractivity contribution is 5.94. The fourth-order valence-corrected chi connectivity index (χ4v) is 4.44. The van der Waals surface area contributed by atoms with Gasteiger partial charge in [0, 0.05) is 51.3 Å². The molecule has 0 aliphatic carbocycles. The first-order valence-electron chi connectivity index (χ1n) is 11.2. The molecule has 0 bridgehead atoms. The number of anilines is 1. The van der Waals surface area contributed by atoms with Gasteiger partial charge in [-0.1, -0.05) is 30.3 Å². The van der Waals surface area contributed by atoms with Crippen LogP contribution < -0.4 is 10.6 Å². The summed E-state index contributed by atoms with van der Waals surface area (Å²) in [7, 11) is 3.45. The number of benzene rings is 2. The van der Waals surface area contributed by atoms with Crippen molar-refractivity contribution in [2.45, 2.75) is 18.9 Å².